The molecule has 3 aliphatic rings. The minimum absolute atomic E-state index is 0.0153. The molecule has 2 aromatic heterocycles. The molecule has 4 atom stereocenters. The van der Waals surface area contributed by atoms with Crippen molar-refractivity contribution < 1.29 is 22.6 Å². The standard InChI is InChI=1S/C22H22F3N5O2/c23-22(24,25)18-5-15-20(28-18)26-11-27-21(15)29-19-14-3-1-2-4-17(14)32-10-16(19)30-6-12-8-31-9-13(12)7-30/h1-5,11-13,16,19H,6-10H2,(H2,26,27,28,29)/t12-,13+,16-,19-/m1/s1. The summed E-state index contributed by atoms with van der Waals surface area (Å²) >= 11 is 0. The Morgan fingerprint density at radius 3 is 2.62 bits per heavy atom. The molecule has 0 bridgehead atoms. The van der Waals surface area contributed by atoms with Crippen molar-refractivity contribution >= 4 is 16.9 Å². The highest BCUT2D eigenvalue weighted by molar-refractivity contribution is 5.88. The van der Waals surface area contributed by atoms with Gasteiger partial charge in [0.15, 0.2) is 0 Å². The summed E-state index contributed by atoms with van der Waals surface area (Å²) in [6.07, 6.45) is -3.21. The molecule has 32 heavy (non-hydrogen) atoms. The molecule has 2 fully saturated rings. The van der Waals surface area contributed by atoms with E-state index >= 15 is 0 Å². The number of aromatic nitrogens is 3. The van der Waals surface area contributed by atoms with Gasteiger partial charge in [0.2, 0.25) is 0 Å². The van der Waals surface area contributed by atoms with Crippen LogP contribution in [-0.2, 0) is 10.9 Å². The quantitative estimate of drug-likeness (QED) is 0.643. The largest absolute Gasteiger partial charge is 0.491 e. The first-order valence-electron chi connectivity index (χ1n) is 10.7. The molecule has 3 aliphatic heterocycles. The lowest BCUT2D eigenvalue weighted by Gasteiger charge is -2.39. The first-order valence-corrected chi connectivity index (χ1v) is 10.7. The van der Waals surface area contributed by atoms with E-state index in [4.69, 9.17) is 9.47 Å². The van der Waals surface area contributed by atoms with Gasteiger partial charge in [0, 0.05) is 30.5 Å². The van der Waals surface area contributed by atoms with Crippen molar-refractivity contribution in [3.63, 3.8) is 0 Å². The first kappa shape index (κ1) is 19.8. The molecular weight excluding hydrogens is 423 g/mol. The lowest BCUT2D eigenvalue weighted by Crippen LogP contribution is -2.47. The number of alkyl halides is 3. The van der Waals surface area contributed by atoms with Crippen LogP contribution < -0.4 is 10.1 Å². The van der Waals surface area contributed by atoms with Gasteiger partial charge in [0.25, 0.3) is 0 Å². The number of aromatic amines is 1. The van der Waals surface area contributed by atoms with Crippen LogP contribution in [0.3, 0.4) is 0 Å². The molecular formula is C22H22F3N5O2. The predicted octanol–water partition coefficient (Wildman–Crippen LogP) is 3.47. The lowest BCUT2D eigenvalue weighted by molar-refractivity contribution is -0.140. The summed E-state index contributed by atoms with van der Waals surface area (Å²) in [6.45, 7) is 3.88. The van der Waals surface area contributed by atoms with E-state index in [0.717, 1.165) is 43.7 Å². The number of hydrogen-bond acceptors (Lipinski definition) is 6. The Labute approximate surface area is 181 Å². The highest BCUT2D eigenvalue weighted by atomic mass is 19.4. The van der Waals surface area contributed by atoms with Gasteiger partial charge >= 0.3 is 6.18 Å². The molecule has 10 heteroatoms. The Morgan fingerprint density at radius 1 is 1.06 bits per heavy atom. The molecule has 3 aromatic rings. The smallest absolute Gasteiger partial charge is 0.431 e. The second-order valence-electron chi connectivity index (χ2n) is 8.72. The molecule has 2 saturated heterocycles. The van der Waals surface area contributed by atoms with Crippen molar-refractivity contribution in [2.45, 2.75) is 18.3 Å². The minimum Gasteiger partial charge on any atom is -0.491 e. The summed E-state index contributed by atoms with van der Waals surface area (Å²) in [4.78, 5) is 13.1. The zero-order valence-corrected chi connectivity index (χ0v) is 17.1. The number of likely N-dealkylation sites (tertiary alicyclic amines) is 1. The molecule has 0 spiro atoms. The average molecular weight is 445 g/mol. The number of fused-ring (bicyclic) bond motifs is 3. The van der Waals surface area contributed by atoms with Gasteiger partial charge in [0.05, 0.1) is 30.7 Å². The number of nitrogens with zero attached hydrogens (tertiary/aromatic N) is 3. The molecule has 0 unspecified atom stereocenters. The van der Waals surface area contributed by atoms with E-state index in [1.165, 1.54) is 6.33 Å². The second-order valence-corrected chi connectivity index (χ2v) is 8.72. The van der Waals surface area contributed by atoms with E-state index in [2.05, 4.69) is 25.2 Å². The fraction of sp³-hybridized carbons (Fsp3) is 0.455. The monoisotopic (exact) mass is 445 g/mol. The second kappa shape index (κ2) is 7.35. The lowest BCUT2D eigenvalue weighted by atomic mass is 9.95. The number of ether oxygens (including phenoxy) is 2. The van der Waals surface area contributed by atoms with Crippen LogP contribution in [0.5, 0.6) is 5.75 Å². The summed E-state index contributed by atoms with van der Waals surface area (Å²) < 4.78 is 51.5. The van der Waals surface area contributed by atoms with Gasteiger partial charge < -0.3 is 19.8 Å². The molecule has 5 heterocycles. The third-order valence-electron chi connectivity index (χ3n) is 6.81. The van der Waals surface area contributed by atoms with Crippen LogP contribution in [0.1, 0.15) is 17.3 Å². The van der Waals surface area contributed by atoms with Gasteiger partial charge in [-0.05, 0) is 12.1 Å². The normalized spacial score (nSPS) is 27.8. The van der Waals surface area contributed by atoms with Gasteiger partial charge in [-0.25, -0.2) is 9.97 Å². The predicted molar refractivity (Wildman–Crippen MR) is 110 cm³/mol. The Hall–Kier alpha value is -2.85. The van der Waals surface area contributed by atoms with Crippen molar-refractivity contribution in [3.05, 3.63) is 47.9 Å². The van der Waals surface area contributed by atoms with Crippen LogP contribution >= 0.6 is 0 Å². The summed E-state index contributed by atoms with van der Waals surface area (Å²) in [6, 6.07) is 8.66. The summed E-state index contributed by atoms with van der Waals surface area (Å²) in [5.74, 6) is 2.17. The SMILES string of the molecule is FC(F)(F)c1cc2c(N[C@@H]3c4ccccc4OC[C@H]3N3C[C@H]4COC[C@H]4C3)ncnc2[nH]1. The zero-order chi connectivity index (χ0) is 21.9. The van der Waals surface area contributed by atoms with Crippen molar-refractivity contribution in [1.82, 2.24) is 19.9 Å². The molecule has 0 aliphatic carbocycles. The molecule has 1 aromatic carbocycles. The number of para-hydroxylation sites is 1. The molecule has 0 saturated carbocycles. The van der Waals surface area contributed by atoms with E-state index in [9.17, 15) is 13.2 Å². The van der Waals surface area contributed by atoms with Crippen LogP contribution in [0.25, 0.3) is 11.0 Å². The van der Waals surface area contributed by atoms with Gasteiger partial charge in [-0.15, -0.1) is 0 Å². The van der Waals surface area contributed by atoms with E-state index in [1.54, 1.807) is 0 Å². The number of anilines is 1. The number of H-pyrrole nitrogens is 1. The fourth-order valence-corrected chi connectivity index (χ4v) is 5.19. The van der Waals surface area contributed by atoms with Crippen molar-refractivity contribution in [1.29, 1.82) is 0 Å². The number of hydrogen-bond donors (Lipinski definition) is 2. The highest BCUT2D eigenvalue weighted by Gasteiger charge is 2.44. The first-order chi connectivity index (χ1) is 15.5. The van der Waals surface area contributed by atoms with Crippen LogP contribution in [0.15, 0.2) is 36.7 Å². The van der Waals surface area contributed by atoms with E-state index in [-0.39, 0.29) is 17.7 Å². The highest BCUT2D eigenvalue weighted by Crippen LogP contribution is 2.41. The maximum Gasteiger partial charge on any atom is 0.431 e. The maximum atomic E-state index is 13.3. The number of rotatable bonds is 3. The summed E-state index contributed by atoms with van der Waals surface area (Å²) in [7, 11) is 0. The molecule has 168 valence electrons. The number of nitrogens with one attached hydrogen (secondary N) is 2. The Kier molecular flexibility index (Phi) is 4.55. The summed E-state index contributed by atoms with van der Waals surface area (Å²) in [5.41, 5.74) is 0.280. The topological polar surface area (TPSA) is 75.3 Å². The fourth-order valence-electron chi connectivity index (χ4n) is 5.19. The van der Waals surface area contributed by atoms with Gasteiger partial charge in [-0.2, -0.15) is 13.2 Å². The molecule has 0 radical (unpaired) electrons. The van der Waals surface area contributed by atoms with Crippen LogP contribution in [0, 0.1) is 11.8 Å². The van der Waals surface area contributed by atoms with Crippen LogP contribution in [0.2, 0.25) is 0 Å². The van der Waals surface area contributed by atoms with Gasteiger partial charge in [-0.3, -0.25) is 4.90 Å². The van der Waals surface area contributed by atoms with Crippen LogP contribution in [-0.4, -0.2) is 58.8 Å². The number of halogens is 3. The van der Waals surface area contributed by atoms with Crippen molar-refractivity contribution in [2.75, 3.05) is 38.2 Å². The molecule has 6 rings (SSSR count). The Balaban J connectivity index is 1.37. The van der Waals surface area contributed by atoms with Crippen LogP contribution in [0.4, 0.5) is 19.0 Å². The van der Waals surface area contributed by atoms with E-state index < -0.39 is 11.9 Å². The van der Waals surface area contributed by atoms with Gasteiger partial charge in [-0.1, -0.05) is 18.2 Å². The Bertz CT molecular complexity index is 1140. The third-order valence-corrected chi connectivity index (χ3v) is 6.81. The van der Waals surface area contributed by atoms with Crippen molar-refractivity contribution in [3.8, 4) is 5.75 Å². The molecule has 2 N–H and O–H groups in total. The number of benzene rings is 1. The molecule has 0 amide bonds. The maximum absolute atomic E-state index is 13.3. The van der Waals surface area contributed by atoms with E-state index in [0.29, 0.717) is 29.6 Å². The zero-order valence-electron chi connectivity index (χ0n) is 17.1. The van der Waals surface area contributed by atoms with Crippen molar-refractivity contribution in [2.24, 2.45) is 11.8 Å². The van der Waals surface area contributed by atoms with Gasteiger partial charge in [0.1, 0.15) is 35.8 Å². The Morgan fingerprint density at radius 2 is 1.84 bits per heavy atom. The summed E-state index contributed by atoms with van der Waals surface area (Å²) in [5, 5.41) is 3.76. The average Bonchev–Trinajstić information content (AvgIpc) is 3.48. The third kappa shape index (κ3) is 3.29. The van der Waals surface area contributed by atoms with E-state index in [1.807, 2.05) is 24.3 Å². The molecule has 7 nitrogen and oxygen atoms in total. The minimum atomic E-state index is -4.48.